The maximum Gasteiger partial charge on any atom is 0.247 e. The molecule has 0 saturated heterocycles. The fraction of sp³-hybridized carbons (Fsp3) is 0.205. The summed E-state index contributed by atoms with van der Waals surface area (Å²) in [4.78, 5) is 2.69. The van der Waals surface area contributed by atoms with Crippen molar-refractivity contribution in [1.29, 1.82) is 0 Å². The van der Waals surface area contributed by atoms with Crippen LogP contribution >= 0.6 is 0 Å². The molecule has 3 heterocycles. The Kier molecular flexibility index (Phi) is 13.0. The standard InChI is InChI=1S/C83H77BN2/c1-80(2,3)62-41-61(42-63(47-62)81(4,5)6)78-70-45-57(53-25-17-13-18-26-53)33-37-72(70)84-73-38-34-60(56-31-23-16-24-32-56)46-76(73)86(66-49-64(82(7,8)9)48-65(50-66)83(10,11)12)77-52-67(51-71(78)79(77)84)85-74-39-35-58(54-27-19-14-20-28-54)43-68(74)69-44-59(36-40-75(69)85)55-29-21-15-22-30-55/h13-52,78H,1-12H3. The second-order valence-corrected chi connectivity index (χ2v) is 28.7. The first-order valence-corrected chi connectivity index (χ1v) is 31.0. The molecular weight excluding hydrogens is 1040 g/mol. The molecule has 0 saturated carbocycles. The van der Waals surface area contributed by atoms with E-state index in [-0.39, 0.29) is 34.3 Å². The van der Waals surface area contributed by atoms with Crippen LogP contribution in [0.25, 0.3) is 72.0 Å². The highest BCUT2D eigenvalue weighted by atomic mass is 15.2. The Balaban J connectivity index is 1.16. The fourth-order valence-corrected chi connectivity index (χ4v) is 13.8. The number of anilines is 3. The quantitative estimate of drug-likeness (QED) is 0.144. The first kappa shape index (κ1) is 55.0. The van der Waals surface area contributed by atoms with E-state index in [2.05, 4.69) is 335 Å². The third-order valence-electron chi connectivity index (χ3n) is 18.7. The molecule has 2 nitrogen and oxygen atoms in total. The molecule has 0 N–H and O–H groups in total. The lowest BCUT2D eigenvalue weighted by Crippen LogP contribution is -2.62. The van der Waals surface area contributed by atoms with Gasteiger partial charge in [0.1, 0.15) is 0 Å². The predicted octanol–water partition coefficient (Wildman–Crippen LogP) is 20.4. The van der Waals surface area contributed by atoms with Gasteiger partial charge in [-0.1, -0.05) is 277 Å². The van der Waals surface area contributed by atoms with Crippen molar-refractivity contribution >= 4 is 62.0 Å². The summed E-state index contributed by atoms with van der Waals surface area (Å²) in [6.45, 7) is 28.4. The van der Waals surface area contributed by atoms with Gasteiger partial charge < -0.3 is 9.47 Å². The zero-order valence-corrected chi connectivity index (χ0v) is 52.1. The summed E-state index contributed by atoms with van der Waals surface area (Å²) < 4.78 is 2.60. The predicted molar refractivity (Wildman–Crippen MR) is 370 cm³/mol. The van der Waals surface area contributed by atoms with Gasteiger partial charge in [-0.2, -0.15) is 0 Å². The molecule has 3 heteroatoms. The molecule has 0 aliphatic carbocycles. The number of hydrogen-bond acceptors (Lipinski definition) is 1. The van der Waals surface area contributed by atoms with Gasteiger partial charge in [0.15, 0.2) is 0 Å². The third kappa shape index (κ3) is 9.61. The molecule has 12 aromatic rings. The van der Waals surface area contributed by atoms with Gasteiger partial charge in [-0.15, -0.1) is 0 Å². The van der Waals surface area contributed by atoms with Crippen LogP contribution in [0.5, 0.6) is 0 Å². The lowest BCUT2D eigenvalue weighted by molar-refractivity contribution is 0.566. The molecule has 0 spiro atoms. The van der Waals surface area contributed by atoms with Crippen LogP contribution < -0.4 is 21.3 Å². The molecule has 86 heavy (non-hydrogen) atoms. The first-order valence-electron chi connectivity index (χ1n) is 31.0. The van der Waals surface area contributed by atoms with Gasteiger partial charge in [0.2, 0.25) is 6.71 Å². The second kappa shape index (κ2) is 20.4. The maximum absolute atomic E-state index is 2.69. The summed E-state index contributed by atoms with van der Waals surface area (Å²) in [5.74, 6) is -0.123. The van der Waals surface area contributed by atoms with Gasteiger partial charge in [-0.3, -0.25) is 0 Å². The summed E-state index contributed by atoms with van der Waals surface area (Å²) >= 11 is 0. The average molecular weight is 1110 g/mol. The van der Waals surface area contributed by atoms with Crippen molar-refractivity contribution in [3.8, 4) is 50.2 Å². The van der Waals surface area contributed by atoms with E-state index in [4.69, 9.17) is 0 Å². The smallest absolute Gasteiger partial charge is 0.247 e. The molecule has 0 amide bonds. The van der Waals surface area contributed by atoms with Crippen LogP contribution in [0.3, 0.4) is 0 Å². The largest absolute Gasteiger partial charge is 0.311 e. The molecule has 0 radical (unpaired) electrons. The average Bonchev–Trinajstić information content (AvgIpc) is 0.822. The van der Waals surface area contributed by atoms with Crippen LogP contribution in [0.15, 0.2) is 243 Å². The summed E-state index contributed by atoms with van der Waals surface area (Å²) in [5.41, 5.74) is 29.8. The van der Waals surface area contributed by atoms with Crippen molar-refractivity contribution < 1.29 is 0 Å². The van der Waals surface area contributed by atoms with E-state index in [1.54, 1.807) is 0 Å². The minimum atomic E-state index is -0.123. The summed E-state index contributed by atoms with van der Waals surface area (Å²) in [6, 6.07) is 93.2. The van der Waals surface area contributed by atoms with Gasteiger partial charge in [0, 0.05) is 39.4 Å². The van der Waals surface area contributed by atoms with E-state index in [0.717, 1.165) is 5.69 Å². The zero-order chi connectivity index (χ0) is 59.6. The number of hydrogen-bond donors (Lipinski definition) is 0. The van der Waals surface area contributed by atoms with Crippen molar-refractivity contribution in [2.75, 3.05) is 4.90 Å². The van der Waals surface area contributed by atoms with Crippen molar-refractivity contribution in [2.45, 2.75) is 111 Å². The molecule has 0 bridgehead atoms. The molecule has 2 aliphatic rings. The van der Waals surface area contributed by atoms with Gasteiger partial charge in [0.25, 0.3) is 0 Å². The number of fused-ring (bicyclic) bond motifs is 7. The number of rotatable bonds is 7. The molecule has 14 rings (SSSR count). The van der Waals surface area contributed by atoms with Crippen molar-refractivity contribution in [3.63, 3.8) is 0 Å². The fourth-order valence-electron chi connectivity index (χ4n) is 13.8. The molecule has 422 valence electrons. The van der Waals surface area contributed by atoms with Crippen molar-refractivity contribution in [3.05, 3.63) is 282 Å². The third-order valence-corrected chi connectivity index (χ3v) is 18.7. The molecular formula is C83H77BN2. The van der Waals surface area contributed by atoms with Gasteiger partial charge in [-0.25, -0.2) is 0 Å². The van der Waals surface area contributed by atoms with Gasteiger partial charge in [0.05, 0.1) is 11.0 Å². The molecule has 11 aromatic carbocycles. The van der Waals surface area contributed by atoms with Crippen LogP contribution in [0.4, 0.5) is 17.1 Å². The summed E-state index contributed by atoms with van der Waals surface area (Å²) in [6.07, 6.45) is 0. The monoisotopic (exact) mass is 1110 g/mol. The molecule has 1 unspecified atom stereocenters. The van der Waals surface area contributed by atoms with Crippen molar-refractivity contribution in [1.82, 2.24) is 4.57 Å². The second-order valence-electron chi connectivity index (χ2n) is 28.7. The highest BCUT2D eigenvalue weighted by Gasteiger charge is 2.45. The topological polar surface area (TPSA) is 8.17 Å². The molecule has 0 fully saturated rings. The SMILES string of the molecule is CC(C)(C)c1cc(C2c3cc(-c4ccccc4)ccc3B3c4ccc(-c5ccccc5)cc4N(c4cc(C(C)(C)C)cc(C(C)(C)C)c4)c4cc(-n5c6ccc(-c7ccccc7)cc6c6cc(-c7ccccc7)ccc65)cc2c43)cc(C(C)(C)C)c1. The van der Waals surface area contributed by atoms with E-state index < -0.39 is 0 Å². The molecule has 1 atom stereocenters. The zero-order valence-electron chi connectivity index (χ0n) is 52.1. The van der Waals surface area contributed by atoms with E-state index >= 15 is 0 Å². The van der Waals surface area contributed by atoms with E-state index in [0.29, 0.717) is 0 Å². The van der Waals surface area contributed by atoms with Gasteiger partial charge in [-0.05, 0) is 171 Å². The number of aromatic nitrogens is 1. The van der Waals surface area contributed by atoms with E-state index in [9.17, 15) is 0 Å². The highest BCUT2D eigenvalue weighted by Crippen LogP contribution is 2.49. The van der Waals surface area contributed by atoms with Crippen LogP contribution in [-0.4, -0.2) is 11.3 Å². The normalized spacial score (nSPS) is 14.1. The Morgan fingerprint density at radius 1 is 0.302 bits per heavy atom. The van der Waals surface area contributed by atoms with Gasteiger partial charge >= 0.3 is 0 Å². The molecule has 1 aromatic heterocycles. The van der Waals surface area contributed by atoms with Crippen molar-refractivity contribution in [2.24, 2.45) is 0 Å². The Bertz CT molecular complexity index is 4240. The Morgan fingerprint density at radius 3 is 1.14 bits per heavy atom. The lowest BCUT2D eigenvalue weighted by atomic mass is 9.31. The van der Waals surface area contributed by atoms with E-state index in [1.165, 1.54) is 139 Å². The molecule has 2 aliphatic heterocycles. The number of benzene rings is 11. The Morgan fingerprint density at radius 2 is 0.698 bits per heavy atom. The highest BCUT2D eigenvalue weighted by molar-refractivity contribution is 6.99. The van der Waals surface area contributed by atoms with Crippen LogP contribution in [0, 0.1) is 0 Å². The minimum Gasteiger partial charge on any atom is -0.311 e. The first-order chi connectivity index (χ1) is 41.2. The van der Waals surface area contributed by atoms with Crippen LogP contribution in [0.1, 0.15) is 128 Å². The Hall–Kier alpha value is -8.92. The maximum atomic E-state index is 2.69. The lowest BCUT2D eigenvalue weighted by Gasteiger charge is -2.44. The van der Waals surface area contributed by atoms with Crippen LogP contribution in [-0.2, 0) is 21.7 Å². The minimum absolute atomic E-state index is 0.0676. The Labute approximate surface area is 511 Å². The summed E-state index contributed by atoms with van der Waals surface area (Å²) in [7, 11) is 0. The van der Waals surface area contributed by atoms with Crippen LogP contribution in [0.2, 0.25) is 0 Å². The van der Waals surface area contributed by atoms with E-state index in [1.807, 2.05) is 0 Å². The summed E-state index contributed by atoms with van der Waals surface area (Å²) in [5, 5.41) is 2.46. The number of nitrogens with zero attached hydrogens (tertiary/aromatic N) is 2.